The zero-order valence-electron chi connectivity index (χ0n) is 15.6. The standard InChI is InChI=1S/C21H36O2/c1-19-9-8-17-16(18(19)12-20(2,22)13-19)6-5-14-11-15(23-4)7-10-21(14,17)3/h14-18,22H,5-13H2,1-4H3. The molecule has 0 spiro atoms. The first-order chi connectivity index (χ1) is 10.8. The minimum absolute atomic E-state index is 0.400. The van der Waals surface area contributed by atoms with Gasteiger partial charge in [-0.3, -0.25) is 0 Å². The van der Waals surface area contributed by atoms with E-state index in [4.69, 9.17) is 4.74 Å². The second kappa shape index (κ2) is 5.21. The lowest BCUT2D eigenvalue weighted by Gasteiger charge is -2.60. The van der Waals surface area contributed by atoms with Crippen LogP contribution in [-0.4, -0.2) is 23.9 Å². The molecule has 0 aromatic heterocycles. The van der Waals surface area contributed by atoms with E-state index < -0.39 is 5.60 Å². The van der Waals surface area contributed by atoms with Gasteiger partial charge in [-0.05, 0) is 99.2 Å². The highest BCUT2D eigenvalue weighted by Crippen LogP contribution is 2.67. The van der Waals surface area contributed by atoms with Crippen LogP contribution in [0.1, 0.15) is 78.6 Å². The number of hydrogen-bond donors (Lipinski definition) is 1. The highest BCUT2D eigenvalue weighted by Gasteiger charge is 2.60. The van der Waals surface area contributed by atoms with Crippen molar-refractivity contribution in [1.82, 2.24) is 0 Å². The Morgan fingerprint density at radius 3 is 2.48 bits per heavy atom. The molecule has 0 bridgehead atoms. The van der Waals surface area contributed by atoms with Gasteiger partial charge in [0, 0.05) is 7.11 Å². The summed E-state index contributed by atoms with van der Waals surface area (Å²) in [4.78, 5) is 0. The monoisotopic (exact) mass is 320 g/mol. The number of ether oxygens (including phenoxy) is 1. The Hall–Kier alpha value is -0.0800. The van der Waals surface area contributed by atoms with E-state index in [1.54, 1.807) is 0 Å². The molecule has 0 radical (unpaired) electrons. The van der Waals surface area contributed by atoms with Crippen LogP contribution in [0.3, 0.4) is 0 Å². The predicted molar refractivity (Wildman–Crippen MR) is 93.1 cm³/mol. The molecule has 4 rings (SSSR count). The van der Waals surface area contributed by atoms with Gasteiger partial charge in [0.2, 0.25) is 0 Å². The normalized spacial score (nSPS) is 59.1. The zero-order chi connectivity index (χ0) is 16.5. The molecule has 4 aliphatic carbocycles. The van der Waals surface area contributed by atoms with Gasteiger partial charge in [-0.15, -0.1) is 0 Å². The smallest absolute Gasteiger partial charge is 0.0628 e. The van der Waals surface area contributed by atoms with E-state index in [1.807, 2.05) is 7.11 Å². The zero-order valence-corrected chi connectivity index (χ0v) is 15.6. The van der Waals surface area contributed by atoms with E-state index in [1.165, 1.54) is 44.9 Å². The van der Waals surface area contributed by atoms with Crippen LogP contribution in [0.4, 0.5) is 0 Å². The van der Waals surface area contributed by atoms with Crippen molar-refractivity contribution in [3.63, 3.8) is 0 Å². The molecule has 132 valence electrons. The lowest BCUT2D eigenvalue weighted by molar-refractivity contribution is -0.125. The molecule has 2 heteroatoms. The molecule has 23 heavy (non-hydrogen) atoms. The number of hydrogen-bond acceptors (Lipinski definition) is 2. The van der Waals surface area contributed by atoms with Crippen LogP contribution in [0.25, 0.3) is 0 Å². The number of methoxy groups -OCH3 is 1. The Bertz CT molecular complexity index is 472. The fourth-order valence-electron chi connectivity index (χ4n) is 7.86. The molecule has 4 saturated carbocycles. The van der Waals surface area contributed by atoms with Crippen molar-refractivity contribution in [2.75, 3.05) is 7.11 Å². The van der Waals surface area contributed by atoms with Crippen LogP contribution in [0.2, 0.25) is 0 Å². The Kier molecular flexibility index (Phi) is 3.71. The summed E-state index contributed by atoms with van der Waals surface area (Å²) in [6.07, 6.45) is 12.0. The molecule has 8 unspecified atom stereocenters. The van der Waals surface area contributed by atoms with E-state index in [2.05, 4.69) is 20.8 Å². The third-order valence-electron chi connectivity index (χ3n) is 8.91. The summed E-state index contributed by atoms with van der Waals surface area (Å²) >= 11 is 0. The maximum absolute atomic E-state index is 10.7. The molecular weight excluding hydrogens is 284 g/mol. The minimum atomic E-state index is -0.417. The summed E-state index contributed by atoms with van der Waals surface area (Å²) in [5.41, 5.74) is 0.519. The highest BCUT2D eigenvalue weighted by atomic mass is 16.5. The quantitative estimate of drug-likeness (QED) is 0.752. The summed E-state index contributed by atoms with van der Waals surface area (Å²) in [5, 5.41) is 10.7. The first-order valence-corrected chi connectivity index (χ1v) is 10.0. The van der Waals surface area contributed by atoms with E-state index in [-0.39, 0.29) is 0 Å². The van der Waals surface area contributed by atoms with Crippen LogP contribution in [0.5, 0.6) is 0 Å². The molecule has 0 amide bonds. The minimum Gasteiger partial charge on any atom is -0.390 e. The summed E-state index contributed by atoms with van der Waals surface area (Å²) in [5.74, 6) is 3.39. The Morgan fingerprint density at radius 2 is 1.74 bits per heavy atom. The molecule has 0 saturated heterocycles. The number of fused-ring (bicyclic) bond motifs is 5. The van der Waals surface area contributed by atoms with E-state index in [0.717, 1.165) is 36.5 Å². The molecule has 2 nitrogen and oxygen atoms in total. The first-order valence-electron chi connectivity index (χ1n) is 10.0. The molecular formula is C21H36O2. The van der Waals surface area contributed by atoms with E-state index in [9.17, 15) is 5.11 Å². The molecule has 0 aromatic carbocycles. The first kappa shape index (κ1) is 16.4. The highest BCUT2D eigenvalue weighted by molar-refractivity contribution is 5.10. The topological polar surface area (TPSA) is 29.5 Å². The van der Waals surface area contributed by atoms with Gasteiger partial charge in [0.05, 0.1) is 11.7 Å². The molecule has 4 aliphatic rings. The van der Waals surface area contributed by atoms with Gasteiger partial charge in [-0.25, -0.2) is 0 Å². The fourth-order valence-corrected chi connectivity index (χ4v) is 7.86. The van der Waals surface area contributed by atoms with Crippen molar-refractivity contribution in [2.24, 2.45) is 34.5 Å². The Morgan fingerprint density at radius 1 is 0.957 bits per heavy atom. The molecule has 8 atom stereocenters. The lowest BCUT2D eigenvalue weighted by atomic mass is 9.45. The van der Waals surface area contributed by atoms with Crippen LogP contribution >= 0.6 is 0 Å². The average molecular weight is 321 g/mol. The van der Waals surface area contributed by atoms with E-state index >= 15 is 0 Å². The van der Waals surface area contributed by atoms with Crippen molar-refractivity contribution < 1.29 is 9.84 Å². The summed E-state index contributed by atoms with van der Waals surface area (Å²) in [7, 11) is 1.89. The molecule has 0 heterocycles. The molecule has 4 fully saturated rings. The van der Waals surface area contributed by atoms with Gasteiger partial charge in [0.25, 0.3) is 0 Å². The van der Waals surface area contributed by atoms with E-state index in [0.29, 0.717) is 16.9 Å². The van der Waals surface area contributed by atoms with Gasteiger partial charge >= 0.3 is 0 Å². The predicted octanol–water partition coefficient (Wildman–Crippen LogP) is 4.80. The lowest BCUT2D eigenvalue weighted by Crippen LogP contribution is -2.53. The van der Waals surface area contributed by atoms with Crippen molar-refractivity contribution in [3.05, 3.63) is 0 Å². The largest absolute Gasteiger partial charge is 0.390 e. The summed E-state index contributed by atoms with van der Waals surface area (Å²) in [6, 6.07) is 0. The van der Waals surface area contributed by atoms with Crippen molar-refractivity contribution in [1.29, 1.82) is 0 Å². The van der Waals surface area contributed by atoms with Gasteiger partial charge in [0.1, 0.15) is 0 Å². The van der Waals surface area contributed by atoms with Crippen LogP contribution in [0, 0.1) is 34.5 Å². The number of rotatable bonds is 1. The summed E-state index contributed by atoms with van der Waals surface area (Å²) < 4.78 is 5.70. The third-order valence-corrected chi connectivity index (χ3v) is 8.91. The molecule has 0 aliphatic heterocycles. The fraction of sp³-hybridized carbons (Fsp3) is 1.00. The van der Waals surface area contributed by atoms with Crippen molar-refractivity contribution >= 4 is 0 Å². The van der Waals surface area contributed by atoms with Crippen LogP contribution in [-0.2, 0) is 4.74 Å². The summed E-state index contributed by atoms with van der Waals surface area (Å²) in [6.45, 7) is 7.17. The SMILES string of the molecule is COC1CCC2(C)C(CCC3C4CC(C)(O)CC4(C)CCC32)C1. The van der Waals surface area contributed by atoms with Gasteiger partial charge in [0.15, 0.2) is 0 Å². The number of aliphatic hydroxyl groups is 1. The van der Waals surface area contributed by atoms with Crippen molar-refractivity contribution in [2.45, 2.75) is 90.3 Å². The van der Waals surface area contributed by atoms with Gasteiger partial charge in [-0.2, -0.15) is 0 Å². The van der Waals surface area contributed by atoms with Gasteiger partial charge in [-0.1, -0.05) is 13.8 Å². The molecule has 0 aromatic rings. The van der Waals surface area contributed by atoms with Crippen LogP contribution < -0.4 is 0 Å². The maximum Gasteiger partial charge on any atom is 0.0628 e. The Balaban J connectivity index is 1.59. The van der Waals surface area contributed by atoms with Crippen LogP contribution in [0.15, 0.2) is 0 Å². The van der Waals surface area contributed by atoms with Crippen molar-refractivity contribution in [3.8, 4) is 0 Å². The maximum atomic E-state index is 10.7. The Labute approximate surface area is 142 Å². The average Bonchev–Trinajstić information content (AvgIpc) is 2.75. The second-order valence-electron chi connectivity index (χ2n) is 10.4. The second-order valence-corrected chi connectivity index (χ2v) is 10.4. The van der Waals surface area contributed by atoms with Gasteiger partial charge < -0.3 is 9.84 Å². The molecule has 1 N–H and O–H groups in total. The third kappa shape index (κ3) is 2.42.